The Labute approximate surface area is 151 Å². The molecule has 1 aliphatic heterocycles. The normalized spacial score (nSPS) is 16.8. The molecule has 1 unspecified atom stereocenters. The fourth-order valence-electron chi connectivity index (χ4n) is 3.02. The number of pyridine rings is 1. The molecule has 3 rings (SSSR count). The highest BCUT2D eigenvalue weighted by Crippen LogP contribution is 2.33. The molecule has 1 fully saturated rings. The maximum Gasteiger partial charge on any atom is 0.252 e. The van der Waals surface area contributed by atoms with Crippen molar-refractivity contribution in [1.82, 2.24) is 10.3 Å². The molecule has 1 atom stereocenters. The van der Waals surface area contributed by atoms with Gasteiger partial charge in [0.2, 0.25) is 11.8 Å². The standard InChI is InChI=1S/C19H23N3O4/c1-10(2)26-16-7-14-13(6-15(16)18(20)24)11(3)8-21-19(14)25-9-12-4-5-17(23)22-12/h6-8,10,12H,4-5,9H2,1-3H3,(H2,20,24)(H,22,23). The number of aryl methyl sites for hydroxylation is 1. The lowest BCUT2D eigenvalue weighted by atomic mass is 10.0. The summed E-state index contributed by atoms with van der Waals surface area (Å²) in [6.07, 6.45) is 2.85. The minimum atomic E-state index is -0.546. The average molecular weight is 357 g/mol. The quantitative estimate of drug-likeness (QED) is 0.824. The summed E-state index contributed by atoms with van der Waals surface area (Å²) in [4.78, 5) is 27.5. The van der Waals surface area contributed by atoms with Crippen LogP contribution in [0.25, 0.3) is 10.8 Å². The first-order valence-corrected chi connectivity index (χ1v) is 8.67. The number of amides is 2. The summed E-state index contributed by atoms with van der Waals surface area (Å²) in [6, 6.07) is 3.45. The van der Waals surface area contributed by atoms with Crippen molar-refractivity contribution in [2.75, 3.05) is 6.61 Å². The van der Waals surface area contributed by atoms with Crippen LogP contribution in [0.2, 0.25) is 0 Å². The molecule has 0 saturated carbocycles. The first-order chi connectivity index (χ1) is 12.3. The Morgan fingerprint density at radius 1 is 1.38 bits per heavy atom. The number of carbonyl (C=O) groups is 2. The van der Waals surface area contributed by atoms with Gasteiger partial charge in [-0.25, -0.2) is 4.98 Å². The van der Waals surface area contributed by atoms with Gasteiger partial charge in [0.25, 0.3) is 5.91 Å². The molecule has 138 valence electrons. The number of ether oxygens (including phenoxy) is 2. The zero-order valence-electron chi connectivity index (χ0n) is 15.2. The van der Waals surface area contributed by atoms with Gasteiger partial charge >= 0.3 is 0 Å². The second kappa shape index (κ2) is 7.19. The van der Waals surface area contributed by atoms with Crippen LogP contribution in [0.4, 0.5) is 0 Å². The maximum atomic E-state index is 11.8. The number of aromatic nitrogens is 1. The van der Waals surface area contributed by atoms with Gasteiger partial charge in [0, 0.05) is 18.0 Å². The highest BCUT2D eigenvalue weighted by atomic mass is 16.5. The third-order valence-corrected chi connectivity index (χ3v) is 4.28. The van der Waals surface area contributed by atoms with Gasteiger partial charge in [-0.15, -0.1) is 0 Å². The highest BCUT2D eigenvalue weighted by Gasteiger charge is 2.22. The van der Waals surface area contributed by atoms with Crippen LogP contribution in [0.15, 0.2) is 18.3 Å². The number of nitrogens with two attached hydrogens (primary N) is 1. The van der Waals surface area contributed by atoms with E-state index in [1.807, 2.05) is 20.8 Å². The van der Waals surface area contributed by atoms with Crippen LogP contribution in [0.5, 0.6) is 11.6 Å². The van der Waals surface area contributed by atoms with E-state index < -0.39 is 5.91 Å². The molecule has 1 aromatic carbocycles. The molecule has 1 aliphatic rings. The minimum Gasteiger partial charge on any atom is -0.490 e. The van der Waals surface area contributed by atoms with E-state index in [1.165, 1.54) is 0 Å². The second-order valence-corrected chi connectivity index (χ2v) is 6.79. The minimum absolute atomic E-state index is 0.0167. The van der Waals surface area contributed by atoms with Crippen LogP contribution < -0.4 is 20.5 Å². The number of primary amides is 1. The van der Waals surface area contributed by atoms with Crippen LogP contribution in [0.1, 0.15) is 42.6 Å². The molecular weight excluding hydrogens is 334 g/mol. The monoisotopic (exact) mass is 357 g/mol. The number of nitrogens with zero attached hydrogens (tertiary/aromatic N) is 1. The van der Waals surface area contributed by atoms with Gasteiger partial charge in [0.05, 0.1) is 17.7 Å². The van der Waals surface area contributed by atoms with Crippen molar-refractivity contribution in [3.05, 3.63) is 29.5 Å². The summed E-state index contributed by atoms with van der Waals surface area (Å²) in [5, 5.41) is 4.44. The molecule has 2 aromatic rings. The SMILES string of the molecule is Cc1cnc(OCC2CCC(=O)N2)c2cc(OC(C)C)c(C(N)=O)cc12. The molecule has 0 aliphatic carbocycles. The van der Waals surface area contributed by atoms with Crippen molar-refractivity contribution >= 4 is 22.6 Å². The molecule has 2 amide bonds. The van der Waals surface area contributed by atoms with E-state index in [9.17, 15) is 9.59 Å². The number of fused-ring (bicyclic) bond motifs is 1. The fraction of sp³-hybridized carbons (Fsp3) is 0.421. The van der Waals surface area contributed by atoms with Crippen LogP contribution in [0, 0.1) is 6.92 Å². The Morgan fingerprint density at radius 3 is 2.77 bits per heavy atom. The zero-order chi connectivity index (χ0) is 18.8. The topological polar surface area (TPSA) is 104 Å². The van der Waals surface area contributed by atoms with E-state index in [4.69, 9.17) is 15.2 Å². The summed E-state index contributed by atoms with van der Waals surface area (Å²) in [5.41, 5.74) is 6.75. The molecule has 0 bridgehead atoms. The number of carbonyl (C=O) groups excluding carboxylic acids is 2. The smallest absolute Gasteiger partial charge is 0.252 e. The van der Waals surface area contributed by atoms with Gasteiger partial charge in [0.1, 0.15) is 12.4 Å². The molecule has 7 heteroatoms. The van der Waals surface area contributed by atoms with Gasteiger partial charge in [-0.1, -0.05) is 0 Å². The first-order valence-electron chi connectivity index (χ1n) is 8.67. The lowest BCUT2D eigenvalue weighted by molar-refractivity contribution is -0.119. The number of hydrogen-bond acceptors (Lipinski definition) is 5. The van der Waals surface area contributed by atoms with Crippen LogP contribution in [-0.4, -0.2) is 35.6 Å². The second-order valence-electron chi connectivity index (χ2n) is 6.79. The van der Waals surface area contributed by atoms with Crippen LogP contribution >= 0.6 is 0 Å². The Bertz CT molecular complexity index is 863. The van der Waals surface area contributed by atoms with Crippen molar-refractivity contribution in [2.24, 2.45) is 5.73 Å². The molecule has 0 spiro atoms. The summed E-state index contributed by atoms with van der Waals surface area (Å²) in [6.45, 7) is 6.01. The molecule has 0 radical (unpaired) electrons. The van der Waals surface area contributed by atoms with E-state index in [0.29, 0.717) is 30.2 Å². The summed E-state index contributed by atoms with van der Waals surface area (Å²) < 4.78 is 11.6. The molecule has 26 heavy (non-hydrogen) atoms. The van der Waals surface area contributed by atoms with Crippen LogP contribution in [-0.2, 0) is 4.79 Å². The number of nitrogens with one attached hydrogen (secondary N) is 1. The largest absolute Gasteiger partial charge is 0.490 e. The van der Waals surface area contributed by atoms with E-state index in [0.717, 1.165) is 22.8 Å². The molecule has 7 nitrogen and oxygen atoms in total. The molecular formula is C19H23N3O4. The lowest BCUT2D eigenvalue weighted by Gasteiger charge is -2.17. The first kappa shape index (κ1) is 18.0. The Balaban J connectivity index is 1.99. The number of rotatable bonds is 6. The molecule has 3 N–H and O–H groups in total. The van der Waals surface area contributed by atoms with Crippen molar-refractivity contribution < 1.29 is 19.1 Å². The highest BCUT2D eigenvalue weighted by molar-refractivity contribution is 6.02. The Hall–Kier alpha value is -2.83. The van der Waals surface area contributed by atoms with Gasteiger partial charge < -0.3 is 20.5 Å². The van der Waals surface area contributed by atoms with Crippen molar-refractivity contribution in [3.8, 4) is 11.6 Å². The van der Waals surface area contributed by atoms with Crippen molar-refractivity contribution in [1.29, 1.82) is 0 Å². The Morgan fingerprint density at radius 2 is 2.15 bits per heavy atom. The maximum absolute atomic E-state index is 11.8. The number of benzene rings is 1. The fourth-order valence-corrected chi connectivity index (χ4v) is 3.02. The average Bonchev–Trinajstić information content (AvgIpc) is 2.98. The predicted octanol–water partition coefficient (Wildman–Crippen LogP) is 2.09. The lowest BCUT2D eigenvalue weighted by Crippen LogP contribution is -2.31. The van der Waals surface area contributed by atoms with E-state index >= 15 is 0 Å². The predicted molar refractivity (Wildman–Crippen MR) is 97.4 cm³/mol. The third-order valence-electron chi connectivity index (χ3n) is 4.28. The van der Waals surface area contributed by atoms with Gasteiger partial charge in [-0.05, 0) is 50.3 Å². The van der Waals surface area contributed by atoms with Crippen LogP contribution in [0.3, 0.4) is 0 Å². The molecule has 1 aromatic heterocycles. The molecule has 2 heterocycles. The van der Waals surface area contributed by atoms with E-state index in [1.54, 1.807) is 18.3 Å². The van der Waals surface area contributed by atoms with Gasteiger partial charge in [-0.3, -0.25) is 9.59 Å². The van der Waals surface area contributed by atoms with Gasteiger partial charge in [-0.2, -0.15) is 0 Å². The molecule has 1 saturated heterocycles. The van der Waals surface area contributed by atoms with E-state index in [2.05, 4.69) is 10.3 Å². The zero-order valence-corrected chi connectivity index (χ0v) is 15.2. The van der Waals surface area contributed by atoms with E-state index in [-0.39, 0.29) is 18.1 Å². The van der Waals surface area contributed by atoms with Gasteiger partial charge in [0.15, 0.2) is 0 Å². The number of hydrogen-bond donors (Lipinski definition) is 2. The summed E-state index contributed by atoms with van der Waals surface area (Å²) in [7, 11) is 0. The third kappa shape index (κ3) is 3.71. The summed E-state index contributed by atoms with van der Waals surface area (Å²) in [5.74, 6) is 0.344. The van der Waals surface area contributed by atoms with Crippen molar-refractivity contribution in [2.45, 2.75) is 45.8 Å². The Kier molecular flexibility index (Phi) is 4.97. The summed E-state index contributed by atoms with van der Waals surface area (Å²) >= 11 is 0. The van der Waals surface area contributed by atoms with Crippen molar-refractivity contribution in [3.63, 3.8) is 0 Å².